The van der Waals surface area contributed by atoms with Gasteiger partial charge in [-0.05, 0) is 37.5 Å². The summed E-state index contributed by atoms with van der Waals surface area (Å²) in [5.74, 6) is -1.96. The van der Waals surface area contributed by atoms with Crippen LogP contribution in [0.3, 0.4) is 0 Å². The summed E-state index contributed by atoms with van der Waals surface area (Å²) in [7, 11) is 0. The van der Waals surface area contributed by atoms with E-state index in [1.54, 1.807) is 0 Å². The molecule has 0 aliphatic carbocycles. The Morgan fingerprint density at radius 2 is 2.03 bits per heavy atom. The number of anilines is 1. The Morgan fingerprint density at radius 1 is 1.32 bits per heavy atom. The summed E-state index contributed by atoms with van der Waals surface area (Å²) in [6.07, 6.45) is 0.933. The monoisotopic (exact) mass is 526 g/mol. The number of benzene rings is 1. The second-order valence-corrected chi connectivity index (χ2v) is 6.91. The molecule has 1 unspecified atom stereocenters. The predicted molar refractivity (Wildman–Crippen MR) is 130 cm³/mol. The van der Waals surface area contributed by atoms with Gasteiger partial charge in [0.2, 0.25) is 6.41 Å². The molecule has 0 spiro atoms. The highest BCUT2D eigenvalue weighted by Crippen LogP contribution is 2.31. The first-order valence-electron chi connectivity index (χ1n) is 11.1. The molecule has 1 aromatic carbocycles. The molecular weight excluding hydrogens is 496 g/mol. The lowest BCUT2D eigenvalue weighted by Crippen LogP contribution is -2.25. The largest absolute Gasteiger partial charge is 0.419 e. The molecule has 1 heterocycles. The molecule has 14 heteroatoms. The molecular formula is C23H30F4N8O2. The third-order valence-corrected chi connectivity index (χ3v) is 4.24. The third kappa shape index (κ3) is 12.8. The molecule has 0 aliphatic rings. The van der Waals surface area contributed by atoms with Crippen LogP contribution in [0.15, 0.2) is 35.8 Å². The molecule has 0 bridgehead atoms. The number of aromatic nitrogens is 2. The maximum absolute atomic E-state index is 13.2. The molecule has 2 amide bonds. The van der Waals surface area contributed by atoms with E-state index in [0.717, 1.165) is 31.6 Å². The van der Waals surface area contributed by atoms with Gasteiger partial charge in [-0.15, -0.1) is 0 Å². The Kier molecular flexibility index (Phi) is 16.0. The van der Waals surface area contributed by atoms with E-state index in [4.69, 9.17) is 11.0 Å². The SMILES string of the molecule is CC.CC(C#N)CCCNC=O.N/C=N/Nc1cncnc1C(=O)NCc1ccc(F)c(C(F)(F)F)c1. The first kappa shape index (κ1) is 32.7. The number of alkyl halides is 3. The minimum Gasteiger partial charge on any atom is -0.388 e. The molecule has 0 radical (unpaired) electrons. The highest BCUT2D eigenvalue weighted by atomic mass is 19.4. The Balaban J connectivity index is 0.000000910. The van der Waals surface area contributed by atoms with Gasteiger partial charge in [-0.2, -0.15) is 23.5 Å². The quantitative estimate of drug-likeness (QED) is 0.0920. The van der Waals surface area contributed by atoms with E-state index < -0.39 is 23.5 Å². The number of amides is 2. The molecule has 0 aliphatic heterocycles. The van der Waals surface area contributed by atoms with Crippen molar-refractivity contribution in [2.75, 3.05) is 12.0 Å². The number of halogens is 4. The summed E-state index contributed by atoms with van der Waals surface area (Å²) >= 11 is 0. The third-order valence-electron chi connectivity index (χ3n) is 4.24. The van der Waals surface area contributed by atoms with Crippen molar-refractivity contribution < 1.29 is 27.2 Å². The van der Waals surface area contributed by atoms with Gasteiger partial charge >= 0.3 is 6.18 Å². The number of carbonyl (C=O) groups excluding carboxylic acids is 2. The summed E-state index contributed by atoms with van der Waals surface area (Å²) in [6, 6.07) is 4.59. The predicted octanol–water partition coefficient (Wildman–Crippen LogP) is 3.58. The van der Waals surface area contributed by atoms with Gasteiger partial charge in [-0.1, -0.05) is 19.9 Å². The van der Waals surface area contributed by atoms with Gasteiger partial charge in [-0.3, -0.25) is 15.0 Å². The highest BCUT2D eigenvalue weighted by Gasteiger charge is 2.34. The van der Waals surface area contributed by atoms with Crippen molar-refractivity contribution in [1.29, 1.82) is 5.26 Å². The van der Waals surface area contributed by atoms with Gasteiger partial charge in [0.15, 0.2) is 5.69 Å². The fourth-order valence-electron chi connectivity index (χ4n) is 2.50. The number of nitrogens with zero attached hydrogens (tertiary/aromatic N) is 4. The number of nitriles is 1. The van der Waals surface area contributed by atoms with E-state index >= 15 is 0 Å². The van der Waals surface area contributed by atoms with Gasteiger partial charge in [0, 0.05) is 19.0 Å². The summed E-state index contributed by atoms with van der Waals surface area (Å²) in [6.45, 7) is 6.29. The van der Waals surface area contributed by atoms with Crippen LogP contribution in [0, 0.1) is 23.1 Å². The number of carbonyl (C=O) groups is 2. The molecule has 2 aromatic rings. The zero-order chi connectivity index (χ0) is 28.3. The molecule has 37 heavy (non-hydrogen) atoms. The molecule has 0 saturated heterocycles. The molecule has 2 rings (SSSR count). The maximum atomic E-state index is 13.2. The lowest BCUT2D eigenvalue weighted by atomic mass is 10.1. The van der Waals surface area contributed by atoms with E-state index in [2.05, 4.69) is 37.2 Å². The zero-order valence-corrected chi connectivity index (χ0v) is 20.6. The van der Waals surface area contributed by atoms with Gasteiger partial charge < -0.3 is 16.4 Å². The van der Waals surface area contributed by atoms with Gasteiger partial charge in [0.1, 0.15) is 24.2 Å². The Labute approximate surface area is 212 Å². The van der Waals surface area contributed by atoms with E-state index in [9.17, 15) is 27.2 Å². The average molecular weight is 527 g/mol. The van der Waals surface area contributed by atoms with Crippen LogP contribution in [0.25, 0.3) is 0 Å². The minimum atomic E-state index is -4.83. The fourth-order valence-corrected chi connectivity index (χ4v) is 2.50. The molecule has 202 valence electrons. The van der Waals surface area contributed by atoms with Crippen molar-refractivity contribution in [3.63, 3.8) is 0 Å². The smallest absolute Gasteiger partial charge is 0.388 e. The maximum Gasteiger partial charge on any atom is 0.419 e. The number of hydrogen-bond donors (Lipinski definition) is 4. The second-order valence-electron chi connectivity index (χ2n) is 6.91. The van der Waals surface area contributed by atoms with Gasteiger partial charge in [0.25, 0.3) is 5.91 Å². The topological polar surface area (TPSA) is 158 Å². The van der Waals surface area contributed by atoms with E-state index in [0.29, 0.717) is 25.1 Å². The van der Waals surface area contributed by atoms with Crippen LogP contribution < -0.4 is 21.8 Å². The van der Waals surface area contributed by atoms with Crippen molar-refractivity contribution in [1.82, 2.24) is 20.6 Å². The van der Waals surface area contributed by atoms with Crippen molar-refractivity contribution in [2.24, 2.45) is 16.8 Å². The lowest BCUT2D eigenvalue weighted by Gasteiger charge is -2.11. The van der Waals surface area contributed by atoms with Crippen molar-refractivity contribution in [2.45, 2.75) is 46.3 Å². The second kappa shape index (κ2) is 18.1. The van der Waals surface area contributed by atoms with Gasteiger partial charge in [-0.25, -0.2) is 14.4 Å². The molecule has 0 fully saturated rings. The number of hydrogen-bond acceptors (Lipinski definition) is 7. The zero-order valence-electron chi connectivity index (χ0n) is 20.6. The average Bonchev–Trinajstić information content (AvgIpc) is 2.90. The molecule has 0 saturated carbocycles. The highest BCUT2D eigenvalue weighted by molar-refractivity contribution is 5.97. The van der Waals surface area contributed by atoms with Crippen LogP contribution >= 0.6 is 0 Å². The first-order chi connectivity index (χ1) is 17.6. The van der Waals surface area contributed by atoms with Crippen LogP contribution in [0.5, 0.6) is 0 Å². The van der Waals surface area contributed by atoms with Crippen LogP contribution in [0.1, 0.15) is 55.2 Å². The van der Waals surface area contributed by atoms with E-state index in [-0.39, 0.29) is 29.4 Å². The van der Waals surface area contributed by atoms with Crippen molar-refractivity contribution in [3.8, 4) is 6.07 Å². The number of rotatable bonds is 10. The van der Waals surface area contributed by atoms with Crippen LogP contribution in [-0.2, 0) is 17.5 Å². The number of nitrogens with two attached hydrogens (primary N) is 1. The van der Waals surface area contributed by atoms with Crippen LogP contribution in [0.2, 0.25) is 0 Å². The normalized spacial score (nSPS) is 11.1. The van der Waals surface area contributed by atoms with Crippen LogP contribution in [0.4, 0.5) is 23.2 Å². The number of hydrazone groups is 1. The minimum absolute atomic E-state index is 0.0746. The molecule has 1 atom stereocenters. The lowest BCUT2D eigenvalue weighted by molar-refractivity contribution is -0.140. The molecule has 1 aromatic heterocycles. The Hall–Kier alpha value is -4.28. The summed E-state index contributed by atoms with van der Waals surface area (Å²) < 4.78 is 51.3. The van der Waals surface area contributed by atoms with E-state index in [1.807, 2.05) is 20.8 Å². The summed E-state index contributed by atoms with van der Waals surface area (Å²) in [4.78, 5) is 29.4. The van der Waals surface area contributed by atoms with Crippen molar-refractivity contribution in [3.05, 3.63) is 53.4 Å². The summed E-state index contributed by atoms with van der Waals surface area (Å²) in [5.41, 5.74) is 6.26. The fraction of sp³-hybridized carbons (Fsp3) is 0.391. The Bertz CT molecular complexity index is 1040. The standard InChI is InChI=1S/C14H12F4N6O.C7H12N2O.C2H6/c15-10-2-1-8(3-9(10)14(16,17)18)4-21-13(25)12-11(24-23-6-19)5-20-7-22-12;1-7(5-8)3-2-4-9-6-10;1-2/h1-3,5-7,24H,4H2,(H2,19,23)(H,21,25);6-7H,2-4H2,1H3,(H,9,10);1-2H3. The Morgan fingerprint density at radius 3 is 2.62 bits per heavy atom. The van der Waals surface area contributed by atoms with Crippen molar-refractivity contribution >= 4 is 24.3 Å². The summed E-state index contributed by atoms with van der Waals surface area (Å²) in [5, 5.41) is 16.8. The first-order valence-corrected chi connectivity index (χ1v) is 11.1. The van der Waals surface area contributed by atoms with Crippen LogP contribution in [-0.4, -0.2) is 35.2 Å². The van der Waals surface area contributed by atoms with Gasteiger partial charge in [0.05, 0.1) is 17.8 Å². The van der Waals surface area contributed by atoms with E-state index in [1.165, 1.54) is 6.20 Å². The molecule has 10 nitrogen and oxygen atoms in total. The molecule has 5 N–H and O–H groups in total. The number of nitrogens with one attached hydrogen (secondary N) is 3.